The lowest BCUT2D eigenvalue weighted by Gasteiger charge is -2.12. The van der Waals surface area contributed by atoms with Gasteiger partial charge in [0.25, 0.3) is 5.91 Å². The average Bonchev–Trinajstić information content (AvgIpc) is 3.56. The van der Waals surface area contributed by atoms with Gasteiger partial charge in [0.15, 0.2) is 5.65 Å². The van der Waals surface area contributed by atoms with E-state index in [0.29, 0.717) is 27.7 Å². The minimum atomic E-state index is -4.47. The molecule has 0 saturated carbocycles. The molecule has 0 aliphatic rings. The Morgan fingerprint density at radius 2 is 1.83 bits per heavy atom. The van der Waals surface area contributed by atoms with Crippen LogP contribution in [0.1, 0.15) is 32.3 Å². The third-order valence-electron chi connectivity index (χ3n) is 5.21. The number of nitrogens with one attached hydrogen (secondary N) is 1. The van der Waals surface area contributed by atoms with E-state index < -0.39 is 18.5 Å². The molecule has 0 bridgehead atoms. The number of aromatic nitrogens is 8. The Balaban J connectivity index is 1.59. The smallest absolute Gasteiger partial charge is 0.348 e. The van der Waals surface area contributed by atoms with Gasteiger partial charge in [0, 0.05) is 41.8 Å². The number of halogens is 3. The highest BCUT2D eigenvalue weighted by molar-refractivity contribution is 7.14. The number of thiazole rings is 1. The SMILES string of the molecule is Cc1ncc(CNC(=O)c2cc(-n3nncc3CC(F)(F)F)c3ncc(-c4ncc(C)s4)n3c2)cn1. The number of rotatable bonds is 6. The van der Waals surface area contributed by atoms with Crippen LogP contribution in [0, 0.1) is 13.8 Å². The van der Waals surface area contributed by atoms with Gasteiger partial charge in [-0.15, -0.1) is 16.4 Å². The van der Waals surface area contributed by atoms with E-state index in [1.165, 1.54) is 17.4 Å². The molecule has 0 atom stereocenters. The fourth-order valence-electron chi connectivity index (χ4n) is 3.56. The number of nitrogens with zero attached hydrogens (tertiary/aromatic N) is 8. The Labute approximate surface area is 205 Å². The molecule has 184 valence electrons. The maximum Gasteiger partial charge on any atom is 0.394 e. The number of carbonyl (C=O) groups is 1. The molecule has 5 rings (SSSR count). The van der Waals surface area contributed by atoms with Crippen molar-refractivity contribution in [2.45, 2.75) is 33.0 Å². The Kier molecular flexibility index (Phi) is 5.96. The van der Waals surface area contributed by atoms with Gasteiger partial charge in [-0.2, -0.15) is 13.2 Å². The molecule has 5 aromatic rings. The van der Waals surface area contributed by atoms with E-state index in [1.807, 2.05) is 6.92 Å². The minimum Gasteiger partial charge on any atom is -0.348 e. The fraction of sp³-hybridized carbons (Fsp3) is 0.227. The van der Waals surface area contributed by atoms with E-state index in [2.05, 4.69) is 35.6 Å². The number of pyridine rings is 1. The van der Waals surface area contributed by atoms with Crippen LogP contribution in [0.15, 0.2) is 43.2 Å². The first-order chi connectivity index (χ1) is 17.2. The van der Waals surface area contributed by atoms with E-state index in [4.69, 9.17) is 0 Å². The number of alkyl halides is 3. The molecule has 1 amide bonds. The number of amides is 1. The van der Waals surface area contributed by atoms with Crippen LogP contribution in [0.2, 0.25) is 0 Å². The zero-order valence-electron chi connectivity index (χ0n) is 19.0. The molecule has 0 aliphatic heterocycles. The monoisotopic (exact) mass is 513 g/mol. The summed E-state index contributed by atoms with van der Waals surface area (Å²) in [4.78, 5) is 31.1. The summed E-state index contributed by atoms with van der Waals surface area (Å²) in [6.07, 6.45) is 3.38. The van der Waals surface area contributed by atoms with Crippen LogP contribution in [-0.4, -0.2) is 51.4 Å². The molecule has 1 N–H and O–H groups in total. The van der Waals surface area contributed by atoms with Crippen molar-refractivity contribution in [3.63, 3.8) is 0 Å². The number of hydrogen-bond acceptors (Lipinski definition) is 8. The van der Waals surface area contributed by atoms with Crippen LogP contribution < -0.4 is 5.32 Å². The number of aryl methyl sites for hydroxylation is 2. The van der Waals surface area contributed by atoms with Gasteiger partial charge in [-0.3, -0.25) is 9.20 Å². The lowest BCUT2D eigenvalue weighted by molar-refractivity contribution is -0.128. The zero-order chi connectivity index (χ0) is 25.4. The molecule has 0 aliphatic carbocycles. The Morgan fingerprint density at radius 1 is 1.06 bits per heavy atom. The predicted molar refractivity (Wildman–Crippen MR) is 124 cm³/mol. The van der Waals surface area contributed by atoms with Crippen molar-refractivity contribution in [3.8, 4) is 16.4 Å². The molecule has 0 spiro atoms. The zero-order valence-corrected chi connectivity index (χ0v) is 19.8. The second kappa shape index (κ2) is 9.11. The third kappa shape index (κ3) is 4.79. The second-order valence-electron chi connectivity index (χ2n) is 7.98. The summed E-state index contributed by atoms with van der Waals surface area (Å²) in [5.41, 5.74) is 1.76. The van der Waals surface area contributed by atoms with Crippen LogP contribution in [-0.2, 0) is 13.0 Å². The van der Waals surface area contributed by atoms with E-state index in [0.717, 1.165) is 15.8 Å². The van der Waals surface area contributed by atoms with Crippen LogP contribution in [0.5, 0.6) is 0 Å². The third-order valence-corrected chi connectivity index (χ3v) is 6.14. The summed E-state index contributed by atoms with van der Waals surface area (Å²) < 4.78 is 42.2. The van der Waals surface area contributed by atoms with E-state index in [1.54, 1.807) is 42.3 Å². The Hall–Kier alpha value is -4.20. The predicted octanol–water partition coefficient (Wildman–Crippen LogP) is 3.48. The highest BCUT2D eigenvalue weighted by Crippen LogP contribution is 2.29. The van der Waals surface area contributed by atoms with Crippen molar-refractivity contribution in [2.75, 3.05) is 0 Å². The molecular weight excluding hydrogens is 495 g/mol. The number of fused-ring (bicyclic) bond motifs is 1. The fourth-order valence-corrected chi connectivity index (χ4v) is 4.33. The molecular formula is C22H18F3N9OS. The van der Waals surface area contributed by atoms with Crippen molar-refractivity contribution in [1.29, 1.82) is 0 Å². The summed E-state index contributed by atoms with van der Waals surface area (Å²) in [5.74, 6) is 0.152. The molecule has 0 fully saturated rings. The summed E-state index contributed by atoms with van der Waals surface area (Å²) in [6, 6.07) is 1.44. The minimum absolute atomic E-state index is 0.164. The molecule has 5 aromatic heterocycles. The van der Waals surface area contributed by atoms with Gasteiger partial charge in [-0.1, -0.05) is 5.21 Å². The van der Waals surface area contributed by atoms with Gasteiger partial charge in [0.2, 0.25) is 0 Å². The topological polar surface area (TPSA) is 116 Å². The van der Waals surface area contributed by atoms with Crippen molar-refractivity contribution in [1.82, 2.24) is 44.6 Å². The molecule has 5 heterocycles. The molecule has 0 saturated heterocycles. The van der Waals surface area contributed by atoms with Gasteiger partial charge < -0.3 is 5.32 Å². The van der Waals surface area contributed by atoms with Crippen molar-refractivity contribution < 1.29 is 18.0 Å². The summed E-state index contributed by atoms with van der Waals surface area (Å²) >= 11 is 1.43. The highest BCUT2D eigenvalue weighted by Gasteiger charge is 2.31. The summed E-state index contributed by atoms with van der Waals surface area (Å²) in [5, 5.41) is 11.0. The van der Waals surface area contributed by atoms with Gasteiger partial charge in [0.05, 0.1) is 30.1 Å². The lowest BCUT2D eigenvalue weighted by Crippen LogP contribution is -2.24. The normalized spacial score (nSPS) is 11.8. The molecule has 10 nitrogen and oxygen atoms in total. The van der Waals surface area contributed by atoms with Crippen LogP contribution >= 0.6 is 11.3 Å². The summed E-state index contributed by atoms with van der Waals surface area (Å²) in [7, 11) is 0. The molecule has 14 heteroatoms. The number of imidazole rings is 1. The maximum absolute atomic E-state index is 13.2. The maximum atomic E-state index is 13.2. The highest BCUT2D eigenvalue weighted by atomic mass is 32.1. The van der Waals surface area contributed by atoms with Crippen LogP contribution in [0.4, 0.5) is 13.2 Å². The van der Waals surface area contributed by atoms with E-state index in [-0.39, 0.29) is 23.5 Å². The molecule has 0 unspecified atom stereocenters. The Bertz CT molecular complexity index is 1550. The largest absolute Gasteiger partial charge is 0.394 e. The first-order valence-electron chi connectivity index (χ1n) is 10.6. The average molecular weight is 514 g/mol. The summed E-state index contributed by atoms with van der Waals surface area (Å²) in [6.45, 7) is 3.82. The number of carbonyl (C=O) groups excluding carboxylic acids is 1. The first-order valence-corrected chi connectivity index (χ1v) is 11.5. The quantitative estimate of drug-likeness (QED) is 0.370. The van der Waals surface area contributed by atoms with E-state index >= 15 is 0 Å². The number of hydrogen-bond donors (Lipinski definition) is 1. The first kappa shape index (κ1) is 23.5. The van der Waals surface area contributed by atoms with Gasteiger partial charge in [-0.25, -0.2) is 24.6 Å². The van der Waals surface area contributed by atoms with Gasteiger partial charge in [-0.05, 0) is 19.9 Å². The van der Waals surface area contributed by atoms with Crippen molar-refractivity contribution in [2.24, 2.45) is 0 Å². The van der Waals surface area contributed by atoms with Crippen molar-refractivity contribution in [3.05, 3.63) is 70.8 Å². The Morgan fingerprint density at radius 3 is 2.53 bits per heavy atom. The second-order valence-corrected chi connectivity index (χ2v) is 9.21. The van der Waals surface area contributed by atoms with Crippen molar-refractivity contribution >= 4 is 22.9 Å². The molecule has 0 radical (unpaired) electrons. The lowest BCUT2D eigenvalue weighted by atomic mass is 10.2. The van der Waals surface area contributed by atoms with Crippen LogP contribution in [0.3, 0.4) is 0 Å². The standard InChI is InChI=1S/C22H18F3N9OS/c1-12-5-30-21(36-12)18-10-28-19-17(34-16(9-31-32-34)4-22(23,24)25)3-15(11-33(18)19)20(35)29-8-14-6-26-13(2)27-7-14/h3,5-7,9-11H,4,8H2,1-2H3,(H,29,35). The van der Waals surface area contributed by atoms with Gasteiger partial charge >= 0.3 is 6.18 Å². The van der Waals surface area contributed by atoms with E-state index in [9.17, 15) is 18.0 Å². The van der Waals surface area contributed by atoms with Gasteiger partial charge in [0.1, 0.15) is 22.2 Å². The molecule has 36 heavy (non-hydrogen) atoms. The van der Waals surface area contributed by atoms with Crippen LogP contribution in [0.25, 0.3) is 22.0 Å². The molecule has 0 aromatic carbocycles.